The van der Waals surface area contributed by atoms with Crippen LogP contribution in [0.15, 0.2) is 12.1 Å². The maximum Gasteiger partial charge on any atom is 0.323 e. The fraction of sp³-hybridized carbons (Fsp3) is 0.222. The van der Waals surface area contributed by atoms with Crippen molar-refractivity contribution in [3.8, 4) is 0 Å². The van der Waals surface area contributed by atoms with E-state index < -0.39 is 28.9 Å². The Morgan fingerprint density at radius 2 is 2.24 bits per heavy atom. The molecule has 1 rings (SSSR count). The lowest BCUT2D eigenvalue weighted by molar-refractivity contribution is -0.384. The highest BCUT2D eigenvalue weighted by atomic mass is 35.5. The van der Waals surface area contributed by atoms with Crippen LogP contribution in [0.5, 0.6) is 0 Å². The highest BCUT2D eigenvalue weighted by Crippen LogP contribution is 2.32. The second kappa shape index (κ2) is 4.96. The SMILES string of the molecule is CN(CC(=O)O)c1cc(F)c(Cl)cc1[N+](=O)[O-]. The van der Waals surface area contributed by atoms with E-state index in [9.17, 15) is 19.3 Å². The molecule has 0 aliphatic carbocycles. The molecule has 0 saturated carbocycles. The lowest BCUT2D eigenvalue weighted by Crippen LogP contribution is -2.25. The molecular formula is C9H8ClFN2O4. The first kappa shape index (κ1) is 13.2. The Kier molecular flexibility index (Phi) is 3.84. The number of benzene rings is 1. The normalized spacial score (nSPS) is 10.1. The van der Waals surface area contributed by atoms with E-state index in [2.05, 4.69) is 0 Å². The summed E-state index contributed by atoms with van der Waals surface area (Å²) >= 11 is 5.43. The van der Waals surface area contributed by atoms with E-state index in [0.29, 0.717) is 0 Å². The molecule has 0 amide bonds. The maximum atomic E-state index is 13.2. The van der Waals surface area contributed by atoms with Crippen LogP contribution < -0.4 is 4.90 Å². The third-order valence-electron chi connectivity index (χ3n) is 2.00. The molecule has 0 unspecified atom stereocenters. The van der Waals surface area contributed by atoms with E-state index in [-0.39, 0.29) is 10.7 Å². The van der Waals surface area contributed by atoms with Gasteiger partial charge in [-0.3, -0.25) is 14.9 Å². The molecule has 0 saturated heterocycles. The van der Waals surface area contributed by atoms with Crippen LogP contribution in [0.2, 0.25) is 5.02 Å². The molecule has 0 spiro atoms. The maximum absolute atomic E-state index is 13.2. The first-order valence-corrected chi connectivity index (χ1v) is 4.77. The molecule has 0 aliphatic heterocycles. The van der Waals surface area contributed by atoms with Crippen molar-refractivity contribution in [2.75, 3.05) is 18.5 Å². The lowest BCUT2D eigenvalue weighted by atomic mass is 10.2. The van der Waals surface area contributed by atoms with Crippen molar-refractivity contribution in [3.63, 3.8) is 0 Å². The van der Waals surface area contributed by atoms with E-state index in [4.69, 9.17) is 16.7 Å². The first-order valence-electron chi connectivity index (χ1n) is 4.39. The minimum Gasteiger partial charge on any atom is -0.480 e. The second-order valence-electron chi connectivity index (χ2n) is 3.26. The van der Waals surface area contributed by atoms with Crippen molar-refractivity contribution in [2.24, 2.45) is 0 Å². The Bertz CT molecular complexity index is 480. The summed E-state index contributed by atoms with van der Waals surface area (Å²) in [6, 6.07) is 1.69. The Morgan fingerprint density at radius 3 is 2.71 bits per heavy atom. The molecule has 0 bridgehead atoms. The van der Waals surface area contributed by atoms with Crippen LogP contribution in [-0.2, 0) is 4.79 Å². The number of nitro benzene ring substituents is 1. The van der Waals surface area contributed by atoms with Crippen LogP contribution in [0.3, 0.4) is 0 Å². The molecule has 0 heterocycles. The number of aliphatic carboxylic acids is 1. The van der Waals surface area contributed by atoms with Gasteiger partial charge >= 0.3 is 5.97 Å². The molecule has 6 nitrogen and oxygen atoms in total. The number of carbonyl (C=O) groups is 1. The molecule has 1 aromatic rings. The Hall–Kier alpha value is -1.89. The number of carboxylic acid groups (broad SMARTS) is 1. The molecule has 1 aromatic carbocycles. The Morgan fingerprint density at radius 1 is 1.65 bits per heavy atom. The number of halogens is 2. The van der Waals surface area contributed by atoms with Gasteiger partial charge in [0.25, 0.3) is 5.69 Å². The van der Waals surface area contributed by atoms with Crippen molar-refractivity contribution in [1.29, 1.82) is 0 Å². The monoisotopic (exact) mass is 262 g/mol. The zero-order valence-corrected chi connectivity index (χ0v) is 9.44. The van der Waals surface area contributed by atoms with Gasteiger partial charge in [-0.1, -0.05) is 11.6 Å². The predicted octanol–water partition coefficient (Wildman–Crippen LogP) is 1.91. The summed E-state index contributed by atoms with van der Waals surface area (Å²) in [6.07, 6.45) is 0. The fourth-order valence-electron chi connectivity index (χ4n) is 1.27. The summed E-state index contributed by atoms with van der Waals surface area (Å²) < 4.78 is 13.2. The van der Waals surface area contributed by atoms with Crippen molar-refractivity contribution in [1.82, 2.24) is 0 Å². The number of rotatable bonds is 4. The molecule has 0 radical (unpaired) electrons. The standard InChI is InChI=1S/C9H8ClFN2O4/c1-12(4-9(14)15)7-3-6(11)5(10)2-8(7)13(16)17/h2-3H,4H2,1H3,(H,14,15). The van der Waals surface area contributed by atoms with Gasteiger partial charge in [-0.2, -0.15) is 0 Å². The third kappa shape index (κ3) is 3.04. The fourth-order valence-corrected chi connectivity index (χ4v) is 1.42. The van der Waals surface area contributed by atoms with Gasteiger partial charge in [0, 0.05) is 19.2 Å². The molecule has 17 heavy (non-hydrogen) atoms. The van der Waals surface area contributed by atoms with E-state index in [1.54, 1.807) is 0 Å². The molecule has 0 atom stereocenters. The number of carboxylic acids is 1. The minimum atomic E-state index is -1.18. The van der Waals surface area contributed by atoms with Crippen LogP contribution in [0.1, 0.15) is 0 Å². The van der Waals surface area contributed by atoms with Gasteiger partial charge in [-0.15, -0.1) is 0 Å². The van der Waals surface area contributed by atoms with Gasteiger partial charge < -0.3 is 10.0 Å². The van der Waals surface area contributed by atoms with E-state index in [0.717, 1.165) is 17.0 Å². The molecule has 8 heteroatoms. The number of hydrogen-bond donors (Lipinski definition) is 1. The predicted molar refractivity (Wildman–Crippen MR) is 59.0 cm³/mol. The summed E-state index contributed by atoms with van der Waals surface area (Å²) in [5.74, 6) is -2.03. The van der Waals surface area contributed by atoms with Crippen LogP contribution >= 0.6 is 11.6 Å². The van der Waals surface area contributed by atoms with Crippen LogP contribution in [0.4, 0.5) is 15.8 Å². The average Bonchev–Trinajstić information content (AvgIpc) is 2.19. The summed E-state index contributed by atoms with van der Waals surface area (Å²) in [4.78, 5) is 21.5. The van der Waals surface area contributed by atoms with E-state index >= 15 is 0 Å². The highest BCUT2D eigenvalue weighted by Gasteiger charge is 2.21. The average molecular weight is 263 g/mol. The summed E-state index contributed by atoms with van der Waals surface area (Å²) in [7, 11) is 1.31. The minimum absolute atomic E-state index is 0.140. The second-order valence-corrected chi connectivity index (χ2v) is 3.67. The largest absolute Gasteiger partial charge is 0.480 e. The summed E-state index contributed by atoms with van der Waals surface area (Å²) in [5.41, 5.74) is -0.584. The zero-order chi connectivity index (χ0) is 13.2. The summed E-state index contributed by atoms with van der Waals surface area (Å²) in [5, 5.41) is 18.9. The number of anilines is 1. The zero-order valence-electron chi connectivity index (χ0n) is 8.68. The topological polar surface area (TPSA) is 83.7 Å². The van der Waals surface area contributed by atoms with Crippen molar-refractivity contribution < 1.29 is 19.2 Å². The quantitative estimate of drug-likeness (QED) is 0.662. The smallest absolute Gasteiger partial charge is 0.323 e. The summed E-state index contributed by atoms with van der Waals surface area (Å²) in [6.45, 7) is -0.484. The van der Waals surface area contributed by atoms with Gasteiger partial charge in [0.1, 0.15) is 18.0 Å². The number of hydrogen-bond acceptors (Lipinski definition) is 4. The van der Waals surface area contributed by atoms with Gasteiger partial charge in [-0.05, 0) is 0 Å². The van der Waals surface area contributed by atoms with E-state index in [1.807, 2.05) is 0 Å². The van der Waals surface area contributed by atoms with Gasteiger partial charge in [0.05, 0.1) is 9.95 Å². The molecular weight excluding hydrogens is 255 g/mol. The van der Waals surface area contributed by atoms with Gasteiger partial charge in [0.15, 0.2) is 0 Å². The molecule has 0 aromatic heterocycles. The van der Waals surface area contributed by atoms with Crippen molar-refractivity contribution in [2.45, 2.75) is 0 Å². The molecule has 92 valence electrons. The van der Waals surface area contributed by atoms with Gasteiger partial charge in [0.2, 0.25) is 0 Å². The van der Waals surface area contributed by atoms with Crippen molar-refractivity contribution in [3.05, 3.63) is 33.1 Å². The van der Waals surface area contributed by atoms with E-state index in [1.165, 1.54) is 7.05 Å². The third-order valence-corrected chi connectivity index (χ3v) is 2.29. The number of nitrogens with zero attached hydrogens (tertiary/aromatic N) is 2. The number of nitro groups is 1. The molecule has 0 aliphatic rings. The molecule has 1 N–H and O–H groups in total. The number of likely N-dealkylation sites (N-methyl/N-ethyl adjacent to an activating group) is 1. The molecule has 0 fully saturated rings. The van der Waals surface area contributed by atoms with Crippen molar-refractivity contribution >= 4 is 28.9 Å². The Labute approximate surface area is 100 Å². The Balaban J connectivity index is 3.25. The van der Waals surface area contributed by atoms with Crippen LogP contribution in [-0.4, -0.2) is 29.6 Å². The lowest BCUT2D eigenvalue weighted by Gasteiger charge is -2.16. The van der Waals surface area contributed by atoms with Crippen LogP contribution in [0, 0.1) is 15.9 Å². The van der Waals surface area contributed by atoms with Crippen LogP contribution in [0.25, 0.3) is 0 Å². The first-order chi connectivity index (χ1) is 7.82. The highest BCUT2D eigenvalue weighted by molar-refractivity contribution is 6.31. The van der Waals surface area contributed by atoms with Gasteiger partial charge in [-0.25, -0.2) is 4.39 Å².